The number of pyridine rings is 1. The van der Waals surface area contributed by atoms with Gasteiger partial charge in [-0.1, -0.05) is 30.4 Å². The van der Waals surface area contributed by atoms with E-state index in [1.165, 1.54) is 0 Å². The summed E-state index contributed by atoms with van der Waals surface area (Å²) >= 11 is 0. The van der Waals surface area contributed by atoms with Crippen LogP contribution in [0.2, 0.25) is 0 Å². The third kappa shape index (κ3) is 3.42. The van der Waals surface area contributed by atoms with Gasteiger partial charge in [0, 0.05) is 11.6 Å². The van der Waals surface area contributed by atoms with Crippen molar-refractivity contribution in [2.45, 2.75) is 19.3 Å². The number of allylic oxidation sites excluding steroid dienone is 2. The van der Waals surface area contributed by atoms with Crippen LogP contribution in [-0.4, -0.2) is 17.1 Å². The lowest BCUT2D eigenvalue weighted by Gasteiger charge is -2.12. The monoisotopic (exact) mass is 345 g/mol. The summed E-state index contributed by atoms with van der Waals surface area (Å²) in [5, 5.41) is 4.96. The minimum absolute atomic E-state index is 0.251. The van der Waals surface area contributed by atoms with Crippen LogP contribution in [0.5, 0.6) is 0 Å². The zero-order valence-corrected chi connectivity index (χ0v) is 14.3. The molecule has 1 N–H and O–H groups in total. The van der Waals surface area contributed by atoms with Crippen LogP contribution in [0.4, 0.5) is 0 Å². The Morgan fingerprint density at radius 2 is 2.15 bits per heavy atom. The van der Waals surface area contributed by atoms with Gasteiger partial charge in [-0.3, -0.25) is 4.79 Å². The molecule has 1 atom stereocenters. The van der Waals surface area contributed by atoms with Gasteiger partial charge in [-0.25, -0.2) is 10.4 Å². The summed E-state index contributed by atoms with van der Waals surface area (Å²) in [7, 11) is 0. The zero-order valence-electron chi connectivity index (χ0n) is 14.3. The van der Waals surface area contributed by atoms with Gasteiger partial charge in [-0.05, 0) is 49.4 Å². The number of rotatable bonds is 4. The Balaban J connectivity index is 1.62. The molecular weight excluding hydrogens is 326 g/mol. The Hall–Kier alpha value is -3.21. The average Bonchev–Trinajstić information content (AvgIpc) is 3.23. The number of benzene rings is 1. The van der Waals surface area contributed by atoms with Crippen LogP contribution < -0.4 is 5.43 Å². The van der Waals surface area contributed by atoms with E-state index in [4.69, 9.17) is 4.42 Å². The highest BCUT2D eigenvalue weighted by molar-refractivity contribution is 6.07. The molecule has 0 bridgehead atoms. The number of nitrogens with zero attached hydrogens (tertiary/aromatic N) is 2. The van der Waals surface area contributed by atoms with Gasteiger partial charge >= 0.3 is 0 Å². The van der Waals surface area contributed by atoms with E-state index in [2.05, 4.69) is 27.7 Å². The number of para-hydroxylation sites is 1. The summed E-state index contributed by atoms with van der Waals surface area (Å²) in [6.07, 6.45) is 10.9. The average molecular weight is 345 g/mol. The van der Waals surface area contributed by atoms with Crippen LogP contribution >= 0.6 is 0 Å². The molecule has 3 aromatic rings. The van der Waals surface area contributed by atoms with Gasteiger partial charge in [-0.15, -0.1) is 0 Å². The highest BCUT2D eigenvalue weighted by atomic mass is 16.3. The van der Waals surface area contributed by atoms with Crippen LogP contribution in [0.1, 0.15) is 29.6 Å². The molecule has 0 unspecified atom stereocenters. The Bertz CT molecular complexity index is 974. The number of nitrogens with one attached hydrogen (secondary N) is 1. The van der Waals surface area contributed by atoms with E-state index in [-0.39, 0.29) is 5.91 Å². The molecule has 2 heterocycles. The molecule has 1 aromatic carbocycles. The Labute approximate surface area is 151 Å². The van der Waals surface area contributed by atoms with Gasteiger partial charge in [0.2, 0.25) is 0 Å². The van der Waals surface area contributed by atoms with Crippen LogP contribution in [0.25, 0.3) is 22.4 Å². The van der Waals surface area contributed by atoms with Crippen LogP contribution in [0.15, 0.2) is 70.4 Å². The Morgan fingerprint density at radius 1 is 1.23 bits per heavy atom. The molecule has 1 amide bonds. The van der Waals surface area contributed by atoms with E-state index >= 15 is 0 Å². The highest BCUT2D eigenvalue weighted by Gasteiger charge is 2.15. The van der Waals surface area contributed by atoms with Crippen molar-refractivity contribution in [1.82, 2.24) is 10.4 Å². The number of hydrogen-bond acceptors (Lipinski definition) is 4. The molecule has 1 aliphatic rings. The molecular formula is C21H19N3O2. The lowest BCUT2D eigenvalue weighted by Crippen LogP contribution is -2.19. The summed E-state index contributed by atoms with van der Waals surface area (Å²) in [5.41, 5.74) is 4.56. The van der Waals surface area contributed by atoms with Gasteiger partial charge in [0.05, 0.1) is 17.3 Å². The maximum atomic E-state index is 12.7. The van der Waals surface area contributed by atoms with Gasteiger partial charge in [0.25, 0.3) is 5.91 Å². The molecule has 0 saturated heterocycles. The van der Waals surface area contributed by atoms with Crippen molar-refractivity contribution in [3.63, 3.8) is 0 Å². The molecule has 0 aliphatic heterocycles. The van der Waals surface area contributed by atoms with Crippen molar-refractivity contribution in [3.8, 4) is 11.5 Å². The van der Waals surface area contributed by atoms with E-state index in [0.29, 0.717) is 22.9 Å². The van der Waals surface area contributed by atoms with Crippen molar-refractivity contribution in [1.29, 1.82) is 0 Å². The first-order valence-electron chi connectivity index (χ1n) is 8.73. The third-order valence-electron chi connectivity index (χ3n) is 4.50. The normalized spacial score (nSPS) is 17.0. The standard InChI is InChI=1S/C21H19N3O2/c25-21(24-22-14-15-7-2-1-3-8-15)17-13-19(20-11-6-12-26-20)23-18-10-5-4-9-16(17)18/h1-2,4-6,9-15H,3,7-8H2,(H,24,25)/b22-14-/t15-/m0/s1. The molecule has 0 radical (unpaired) electrons. The van der Waals surface area contributed by atoms with Crippen molar-refractivity contribution in [2.75, 3.05) is 0 Å². The largest absolute Gasteiger partial charge is 0.463 e. The lowest BCUT2D eigenvalue weighted by atomic mass is 9.96. The predicted octanol–water partition coefficient (Wildman–Crippen LogP) is 4.57. The topological polar surface area (TPSA) is 67.5 Å². The quantitative estimate of drug-likeness (QED) is 0.428. The molecule has 5 heteroatoms. The highest BCUT2D eigenvalue weighted by Crippen LogP contribution is 2.25. The minimum atomic E-state index is -0.251. The molecule has 0 spiro atoms. The third-order valence-corrected chi connectivity index (χ3v) is 4.50. The summed E-state index contributed by atoms with van der Waals surface area (Å²) in [6, 6.07) is 12.9. The first kappa shape index (κ1) is 16.3. The second-order valence-electron chi connectivity index (χ2n) is 6.31. The molecule has 1 aliphatic carbocycles. The molecule has 130 valence electrons. The SMILES string of the molecule is O=C(N/N=C\[C@H]1CC=CCC1)c1cc(-c2ccco2)nc2ccccc12. The van der Waals surface area contributed by atoms with Crippen molar-refractivity contribution < 1.29 is 9.21 Å². The number of amides is 1. The summed E-state index contributed by atoms with van der Waals surface area (Å²) < 4.78 is 5.43. The number of fused-ring (bicyclic) bond motifs is 1. The van der Waals surface area contributed by atoms with E-state index in [9.17, 15) is 4.79 Å². The second kappa shape index (κ2) is 7.35. The number of hydrazone groups is 1. The Morgan fingerprint density at radius 3 is 2.96 bits per heavy atom. The second-order valence-corrected chi connectivity index (χ2v) is 6.31. The van der Waals surface area contributed by atoms with Crippen molar-refractivity contribution in [2.24, 2.45) is 11.0 Å². The molecule has 5 nitrogen and oxygen atoms in total. The van der Waals surface area contributed by atoms with Crippen LogP contribution in [-0.2, 0) is 0 Å². The fourth-order valence-corrected chi connectivity index (χ4v) is 3.13. The zero-order chi connectivity index (χ0) is 17.8. The fourth-order valence-electron chi connectivity index (χ4n) is 3.13. The van der Waals surface area contributed by atoms with Crippen LogP contribution in [0, 0.1) is 5.92 Å². The number of hydrogen-bond donors (Lipinski definition) is 1. The van der Waals surface area contributed by atoms with Gasteiger partial charge < -0.3 is 4.42 Å². The number of carbonyl (C=O) groups is 1. The van der Waals surface area contributed by atoms with E-state index < -0.39 is 0 Å². The van der Waals surface area contributed by atoms with E-state index in [1.807, 2.05) is 36.5 Å². The number of carbonyl (C=O) groups excluding carboxylic acids is 1. The van der Waals surface area contributed by atoms with Gasteiger partial charge in [0.1, 0.15) is 5.69 Å². The van der Waals surface area contributed by atoms with Gasteiger partial charge in [0.15, 0.2) is 5.76 Å². The Kier molecular flexibility index (Phi) is 4.60. The first-order chi connectivity index (χ1) is 12.8. The van der Waals surface area contributed by atoms with Gasteiger partial charge in [-0.2, -0.15) is 5.10 Å². The molecule has 26 heavy (non-hydrogen) atoms. The summed E-state index contributed by atoms with van der Waals surface area (Å²) in [5.74, 6) is 0.759. The minimum Gasteiger partial charge on any atom is -0.463 e. The summed E-state index contributed by atoms with van der Waals surface area (Å²) in [6.45, 7) is 0. The van der Waals surface area contributed by atoms with Crippen LogP contribution in [0.3, 0.4) is 0 Å². The lowest BCUT2D eigenvalue weighted by molar-refractivity contribution is 0.0956. The molecule has 0 fully saturated rings. The fraction of sp³-hybridized carbons (Fsp3) is 0.190. The molecule has 4 rings (SSSR count). The maximum absolute atomic E-state index is 12.7. The van der Waals surface area contributed by atoms with Crippen molar-refractivity contribution >= 4 is 23.0 Å². The molecule has 2 aromatic heterocycles. The summed E-state index contributed by atoms with van der Waals surface area (Å²) in [4.78, 5) is 17.3. The van der Waals surface area contributed by atoms with E-state index in [0.717, 1.165) is 30.2 Å². The maximum Gasteiger partial charge on any atom is 0.272 e. The molecule has 0 saturated carbocycles. The predicted molar refractivity (Wildman–Crippen MR) is 102 cm³/mol. The van der Waals surface area contributed by atoms with E-state index in [1.54, 1.807) is 18.4 Å². The smallest absolute Gasteiger partial charge is 0.272 e. The number of furan rings is 1. The first-order valence-corrected chi connectivity index (χ1v) is 8.73. The number of aromatic nitrogens is 1. The van der Waals surface area contributed by atoms with Crippen molar-refractivity contribution in [3.05, 3.63) is 66.4 Å².